The minimum atomic E-state index is -1.30. The molecule has 5 nitrogen and oxygen atoms in total. The van der Waals surface area contributed by atoms with Gasteiger partial charge in [-0.25, -0.2) is 14.2 Å². The number of nitrogens with one attached hydrogen (secondary N) is 1. The van der Waals surface area contributed by atoms with Gasteiger partial charge in [-0.1, -0.05) is 18.2 Å². The second-order valence-electron chi connectivity index (χ2n) is 3.77. The average Bonchev–Trinajstić information content (AvgIpc) is 3.02. The van der Waals surface area contributed by atoms with E-state index in [4.69, 9.17) is 0 Å². The van der Waals surface area contributed by atoms with Crippen molar-refractivity contribution in [1.82, 2.24) is 20.2 Å². The molecule has 0 radical (unpaired) electrons. The van der Waals surface area contributed by atoms with E-state index < -0.39 is 10.8 Å². The maximum absolute atomic E-state index is 12.4. The summed E-state index contributed by atoms with van der Waals surface area (Å²) in [6.07, 6.45) is 3.22. The highest BCUT2D eigenvalue weighted by atomic mass is 32.2. The molecule has 1 aromatic carbocycles. The van der Waals surface area contributed by atoms with Crippen LogP contribution >= 0.6 is 0 Å². The molecule has 0 bridgehead atoms. The lowest BCUT2D eigenvalue weighted by Gasteiger charge is -2.02. The molecule has 2 aromatic heterocycles. The Bertz CT molecular complexity index is 698. The van der Waals surface area contributed by atoms with Crippen molar-refractivity contribution in [2.45, 2.75) is 9.92 Å². The third-order valence-electron chi connectivity index (χ3n) is 2.52. The van der Waals surface area contributed by atoms with Crippen LogP contribution in [0.25, 0.3) is 11.5 Å². The van der Waals surface area contributed by atoms with Gasteiger partial charge in [-0.05, 0) is 24.3 Å². The van der Waals surface area contributed by atoms with Crippen molar-refractivity contribution in [3.8, 4) is 11.5 Å². The summed E-state index contributed by atoms with van der Waals surface area (Å²) in [5, 5.41) is 7.11. The third kappa shape index (κ3) is 2.43. The van der Waals surface area contributed by atoms with Crippen molar-refractivity contribution in [2.24, 2.45) is 0 Å². The molecule has 3 aromatic rings. The number of rotatable bonds is 3. The molecule has 1 atom stereocenters. The van der Waals surface area contributed by atoms with Gasteiger partial charge in [0.2, 0.25) is 0 Å². The summed E-state index contributed by atoms with van der Waals surface area (Å²) in [4.78, 5) is 9.17. The van der Waals surface area contributed by atoms with Crippen LogP contribution in [0.4, 0.5) is 0 Å². The van der Waals surface area contributed by atoms with E-state index >= 15 is 0 Å². The number of nitrogens with zero attached hydrogens (tertiary/aromatic N) is 3. The number of hydrogen-bond donors (Lipinski definition) is 1. The predicted molar refractivity (Wildman–Crippen MR) is 70.7 cm³/mol. The molecule has 0 aliphatic heterocycles. The van der Waals surface area contributed by atoms with Gasteiger partial charge in [0.05, 0.1) is 0 Å². The van der Waals surface area contributed by atoms with E-state index in [2.05, 4.69) is 20.2 Å². The van der Waals surface area contributed by atoms with Crippen molar-refractivity contribution in [1.29, 1.82) is 0 Å². The highest BCUT2D eigenvalue weighted by Gasteiger charge is 2.10. The fourth-order valence-electron chi connectivity index (χ4n) is 1.62. The van der Waals surface area contributed by atoms with Gasteiger partial charge in [0.25, 0.3) is 0 Å². The molecule has 94 valence electrons. The molecule has 0 spiro atoms. The van der Waals surface area contributed by atoms with Crippen LogP contribution in [0.5, 0.6) is 0 Å². The quantitative estimate of drug-likeness (QED) is 0.739. The predicted octanol–water partition coefficient (Wildman–Crippen LogP) is 2.03. The normalized spacial score (nSPS) is 12.2. The molecular weight excluding hydrogens is 260 g/mol. The smallest absolute Gasteiger partial charge is 0.178 e. The van der Waals surface area contributed by atoms with Crippen LogP contribution in [0.1, 0.15) is 0 Å². The van der Waals surface area contributed by atoms with Crippen LogP contribution in [0.2, 0.25) is 0 Å². The molecular formula is C13H10N4OS. The number of H-pyrrole nitrogens is 1. The molecule has 0 amide bonds. The number of hydrogen-bond acceptors (Lipinski definition) is 4. The highest BCUT2D eigenvalue weighted by molar-refractivity contribution is 7.85. The fraction of sp³-hybridized carbons (Fsp3) is 0. The van der Waals surface area contributed by atoms with Crippen LogP contribution < -0.4 is 0 Å². The molecule has 19 heavy (non-hydrogen) atoms. The van der Waals surface area contributed by atoms with Gasteiger partial charge in [-0.15, -0.1) is 0 Å². The molecule has 0 fully saturated rings. The number of benzene rings is 1. The number of aromatic amines is 1. The first kappa shape index (κ1) is 11.7. The van der Waals surface area contributed by atoms with Crippen molar-refractivity contribution in [2.75, 3.05) is 0 Å². The molecule has 0 saturated heterocycles. The molecule has 0 aliphatic rings. The Morgan fingerprint density at radius 3 is 2.58 bits per heavy atom. The molecule has 1 unspecified atom stereocenters. The highest BCUT2D eigenvalue weighted by Crippen LogP contribution is 2.16. The molecule has 0 aliphatic carbocycles. The summed E-state index contributed by atoms with van der Waals surface area (Å²) in [5.74, 6) is 0.485. The lowest BCUT2D eigenvalue weighted by atomic mass is 10.4. The molecule has 1 N–H and O–H groups in total. The van der Waals surface area contributed by atoms with Crippen LogP contribution in [0.15, 0.2) is 64.8 Å². The fourth-order valence-corrected chi connectivity index (χ4v) is 2.62. The van der Waals surface area contributed by atoms with E-state index in [0.29, 0.717) is 16.5 Å². The largest absolute Gasteiger partial charge is 0.275 e. The third-order valence-corrected chi connectivity index (χ3v) is 3.83. The van der Waals surface area contributed by atoms with Crippen LogP contribution in [0.3, 0.4) is 0 Å². The minimum absolute atomic E-state index is 0.478. The Balaban J connectivity index is 1.98. The van der Waals surface area contributed by atoms with Gasteiger partial charge in [0.15, 0.2) is 5.82 Å². The standard InChI is InChI=1S/C13H10N4OS/c18-19(10-4-2-1-3-5-10)12-7-8-14-13(16-12)11-6-9-15-17-11/h1-9H,(H,15,17). The summed E-state index contributed by atoms with van der Waals surface area (Å²) >= 11 is 0. The van der Waals surface area contributed by atoms with Crippen LogP contribution in [0, 0.1) is 0 Å². The van der Waals surface area contributed by atoms with Gasteiger partial charge >= 0.3 is 0 Å². The Kier molecular flexibility index (Phi) is 3.16. The summed E-state index contributed by atoms with van der Waals surface area (Å²) in [6.45, 7) is 0. The Morgan fingerprint density at radius 1 is 1.00 bits per heavy atom. The van der Waals surface area contributed by atoms with Crippen LogP contribution in [-0.4, -0.2) is 24.4 Å². The minimum Gasteiger partial charge on any atom is -0.275 e. The maximum Gasteiger partial charge on any atom is 0.178 e. The SMILES string of the molecule is O=S(c1ccccc1)c1ccnc(-c2ccn[nH]2)n1. The summed E-state index contributed by atoms with van der Waals surface area (Å²) < 4.78 is 12.4. The van der Waals surface area contributed by atoms with E-state index in [0.717, 1.165) is 4.90 Å². The van der Waals surface area contributed by atoms with E-state index in [1.54, 1.807) is 24.5 Å². The Labute approximate surface area is 112 Å². The first-order chi connectivity index (χ1) is 9.34. The van der Waals surface area contributed by atoms with E-state index in [1.807, 2.05) is 30.3 Å². The zero-order chi connectivity index (χ0) is 13.1. The van der Waals surface area contributed by atoms with Gasteiger partial charge in [-0.2, -0.15) is 5.10 Å². The molecule has 0 saturated carbocycles. The molecule has 3 rings (SSSR count). The van der Waals surface area contributed by atoms with Crippen molar-refractivity contribution in [3.63, 3.8) is 0 Å². The van der Waals surface area contributed by atoms with Gasteiger partial charge in [0, 0.05) is 17.3 Å². The van der Waals surface area contributed by atoms with E-state index in [1.165, 1.54) is 0 Å². The van der Waals surface area contributed by atoms with Crippen molar-refractivity contribution < 1.29 is 4.21 Å². The van der Waals surface area contributed by atoms with Crippen molar-refractivity contribution >= 4 is 10.8 Å². The summed E-state index contributed by atoms with van der Waals surface area (Å²) in [7, 11) is -1.30. The number of aromatic nitrogens is 4. The topological polar surface area (TPSA) is 71.5 Å². The van der Waals surface area contributed by atoms with E-state index in [9.17, 15) is 4.21 Å². The first-order valence-corrected chi connectivity index (χ1v) is 6.79. The lowest BCUT2D eigenvalue weighted by molar-refractivity contribution is 0.680. The van der Waals surface area contributed by atoms with Gasteiger partial charge < -0.3 is 0 Å². The average molecular weight is 270 g/mol. The second-order valence-corrected chi connectivity index (χ2v) is 5.20. The zero-order valence-corrected chi connectivity index (χ0v) is 10.7. The maximum atomic E-state index is 12.4. The monoisotopic (exact) mass is 270 g/mol. The molecule has 2 heterocycles. The second kappa shape index (κ2) is 5.11. The first-order valence-electron chi connectivity index (χ1n) is 5.64. The lowest BCUT2D eigenvalue weighted by Crippen LogP contribution is -1.99. The van der Waals surface area contributed by atoms with Crippen molar-refractivity contribution in [3.05, 3.63) is 54.9 Å². The van der Waals surface area contributed by atoms with Gasteiger partial charge in [0.1, 0.15) is 21.5 Å². The Morgan fingerprint density at radius 2 is 1.84 bits per heavy atom. The summed E-state index contributed by atoms with van der Waals surface area (Å²) in [6, 6.07) is 12.6. The van der Waals surface area contributed by atoms with Gasteiger partial charge in [-0.3, -0.25) is 5.10 Å². The Hall–Kier alpha value is -2.34. The summed E-state index contributed by atoms with van der Waals surface area (Å²) in [5.41, 5.74) is 0.701. The zero-order valence-electron chi connectivity index (χ0n) is 9.85. The van der Waals surface area contributed by atoms with E-state index in [-0.39, 0.29) is 0 Å². The van der Waals surface area contributed by atoms with Crippen LogP contribution in [-0.2, 0) is 10.8 Å². The molecule has 6 heteroatoms.